The zero-order chi connectivity index (χ0) is 99.3. The number of carboxylic acid groups (broad SMARTS) is 3. The number of carbonyl (C=O) groups is 20. The van der Waals surface area contributed by atoms with Gasteiger partial charge in [0.05, 0.1) is 71.3 Å². The van der Waals surface area contributed by atoms with E-state index in [4.69, 9.17) is 32.1 Å². The summed E-state index contributed by atoms with van der Waals surface area (Å²) < 4.78 is 10.5. The van der Waals surface area contributed by atoms with Crippen LogP contribution in [0.25, 0.3) is 0 Å². The molecule has 134 heavy (non-hydrogen) atoms. The number of likely N-dealkylation sites (tertiary alicyclic amines) is 4. The molecule has 4 fully saturated rings. The van der Waals surface area contributed by atoms with E-state index in [1.165, 1.54) is 48.5 Å². The van der Waals surface area contributed by atoms with Crippen LogP contribution in [0.2, 0.25) is 0 Å². The number of carbonyl (C=O) groups excluding carboxylic acids is 17. The molecule has 4 heterocycles. The van der Waals surface area contributed by atoms with Gasteiger partial charge in [-0.15, -0.1) is 0 Å². The molecule has 0 spiro atoms. The lowest BCUT2D eigenvalue weighted by Crippen LogP contribution is -2.61. The fourth-order valence-electron chi connectivity index (χ4n) is 15.1. The van der Waals surface area contributed by atoms with Gasteiger partial charge in [-0.05, 0) is 93.7 Å². The number of ether oxygens (including phenoxy) is 2. The van der Waals surface area contributed by atoms with Crippen LogP contribution < -0.4 is 81.0 Å². The Hall–Kier alpha value is -13.6. The quantitative estimate of drug-likeness (QED) is 0.0166. The normalized spacial score (nSPS) is 19.2. The number of primary amides is 2. The number of carboxylic acids is 3. The summed E-state index contributed by atoms with van der Waals surface area (Å²) in [7, 11) is 0. The maximum atomic E-state index is 14.7. The van der Waals surface area contributed by atoms with Gasteiger partial charge < -0.3 is 166 Å². The Morgan fingerprint density at radius 2 is 0.769 bits per heavy atom. The number of benzene rings is 2. The molecule has 53 nitrogen and oxygen atoms in total. The molecule has 4 aliphatic rings. The molecule has 30 N–H and O–H groups in total. The molecule has 0 aromatic heterocycles. The van der Waals surface area contributed by atoms with Crippen molar-refractivity contribution in [1.82, 2.24) is 83.4 Å². The average molecular weight is 1900 g/mol. The number of aromatic hydroxyl groups is 2. The average Bonchev–Trinajstić information content (AvgIpc) is 1.64. The van der Waals surface area contributed by atoms with Crippen LogP contribution in [-0.2, 0) is 118 Å². The molecule has 17 amide bonds. The van der Waals surface area contributed by atoms with Crippen molar-refractivity contribution in [3.05, 3.63) is 59.7 Å². The Kier molecular flexibility index (Phi) is 43.8. The van der Waals surface area contributed by atoms with Crippen molar-refractivity contribution in [3.63, 3.8) is 0 Å². The highest BCUT2D eigenvalue weighted by molar-refractivity contribution is 6.02. The van der Waals surface area contributed by atoms with E-state index in [9.17, 15) is 152 Å². The van der Waals surface area contributed by atoms with E-state index < -0.39 is 331 Å². The second kappa shape index (κ2) is 53.8. The van der Waals surface area contributed by atoms with Crippen LogP contribution in [0.3, 0.4) is 0 Å². The van der Waals surface area contributed by atoms with Crippen molar-refractivity contribution < 1.29 is 162 Å². The topological polar surface area (TPSA) is 842 Å². The van der Waals surface area contributed by atoms with Crippen LogP contribution in [0.4, 0.5) is 0 Å². The van der Waals surface area contributed by atoms with E-state index in [0.29, 0.717) is 11.5 Å². The monoisotopic (exact) mass is 1900 g/mol. The maximum Gasteiger partial charge on any atom is 0.305 e. The number of nitrogens with one attached hydrogen (secondary N) is 13. The number of nitrogens with zero attached hydrogens (tertiary/aromatic N) is 4. The van der Waals surface area contributed by atoms with Gasteiger partial charge in [-0.25, -0.2) is 0 Å². The lowest BCUT2D eigenvalue weighted by Gasteiger charge is -2.31. The Morgan fingerprint density at radius 1 is 0.410 bits per heavy atom. The van der Waals surface area contributed by atoms with Gasteiger partial charge in [-0.2, -0.15) is 0 Å². The minimum Gasteiger partial charge on any atom is -0.508 e. The highest BCUT2D eigenvalue weighted by atomic mass is 16.5. The molecule has 0 radical (unpaired) electrons. The number of aliphatic hydroxyl groups is 6. The van der Waals surface area contributed by atoms with Crippen molar-refractivity contribution in [2.24, 2.45) is 17.2 Å². The molecule has 0 aliphatic carbocycles. The van der Waals surface area contributed by atoms with Gasteiger partial charge in [-0.1, -0.05) is 24.3 Å². The van der Waals surface area contributed by atoms with E-state index in [1.54, 1.807) is 6.92 Å². The summed E-state index contributed by atoms with van der Waals surface area (Å²) in [4.78, 5) is 277. The number of hydrogen-bond donors (Lipinski definition) is 27. The summed E-state index contributed by atoms with van der Waals surface area (Å²) in [6.07, 6.45) is -10.7. The third-order valence-electron chi connectivity index (χ3n) is 21.9. The van der Waals surface area contributed by atoms with Crippen molar-refractivity contribution in [2.75, 3.05) is 85.6 Å². The molecule has 2 aromatic rings. The molecule has 0 bridgehead atoms. The minimum absolute atomic E-state index is 0.0283. The van der Waals surface area contributed by atoms with Crippen LogP contribution in [-0.4, -0.2) is 388 Å². The summed E-state index contributed by atoms with van der Waals surface area (Å²) in [6, 6.07) is -16.9. The summed E-state index contributed by atoms with van der Waals surface area (Å²) in [5.41, 5.74) is 16.6. The lowest BCUT2D eigenvalue weighted by atomic mass is 10.0. The molecule has 2 aromatic carbocycles. The first-order chi connectivity index (χ1) is 63.5. The first-order valence-corrected chi connectivity index (χ1v) is 42.9. The van der Waals surface area contributed by atoms with E-state index in [-0.39, 0.29) is 107 Å². The number of phenolic OH excluding ortho intramolecular Hbond substituents is 2. The van der Waals surface area contributed by atoms with Crippen LogP contribution in [0.15, 0.2) is 48.5 Å². The lowest BCUT2D eigenvalue weighted by molar-refractivity contribution is -0.146. The number of hydrogen-bond acceptors (Lipinski definition) is 31. The summed E-state index contributed by atoms with van der Waals surface area (Å²) in [5, 5.41) is 148. The van der Waals surface area contributed by atoms with E-state index >= 15 is 0 Å². The van der Waals surface area contributed by atoms with Crippen molar-refractivity contribution in [3.8, 4) is 11.5 Å². The summed E-state index contributed by atoms with van der Waals surface area (Å²) in [6.45, 7) is -4.19. The second-order valence-electron chi connectivity index (χ2n) is 32.0. The zero-order valence-electron chi connectivity index (χ0n) is 73.1. The Morgan fingerprint density at radius 3 is 1.16 bits per heavy atom. The van der Waals surface area contributed by atoms with Crippen molar-refractivity contribution >= 4 is 124 Å². The highest BCUT2D eigenvalue weighted by Crippen LogP contribution is 2.26. The van der Waals surface area contributed by atoms with E-state index in [2.05, 4.69) is 63.8 Å². The van der Waals surface area contributed by atoms with Crippen LogP contribution in [0.5, 0.6) is 11.5 Å². The number of β-amino-alcohol motifs (C(OH)–C–C–N with tert-alkyl or cyclic N) is 2. The van der Waals surface area contributed by atoms with Crippen molar-refractivity contribution in [2.45, 2.75) is 219 Å². The predicted octanol–water partition coefficient (Wildman–Crippen LogP) is -12.6. The fraction of sp³-hybridized carbons (Fsp3) is 0.593. The van der Waals surface area contributed by atoms with Gasteiger partial charge in [0.25, 0.3) is 0 Å². The Labute approximate surface area is 764 Å². The van der Waals surface area contributed by atoms with E-state index in [0.717, 1.165) is 14.7 Å². The fourth-order valence-corrected chi connectivity index (χ4v) is 15.1. The van der Waals surface area contributed by atoms with Gasteiger partial charge in [0.1, 0.15) is 102 Å². The molecule has 17 unspecified atom stereocenters. The molecule has 0 saturated carbocycles. The van der Waals surface area contributed by atoms with Crippen molar-refractivity contribution in [1.29, 1.82) is 5.41 Å². The first kappa shape index (κ1) is 109. The Balaban J connectivity index is 1.16. The number of amides is 17. The zero-order valence-corrected chi connectivity index (χ0v) is 73.1. The highest BCUT2D eigenvalue weighted by Gasteiger charge is 2.48. The van der Waals surface area contributed by atoms with Crippen LogP contribution in [0, 0.1) is 5.41 Å². The second-order valence-corrected chi connectivity index (χ2v) is 32.0. The molecular formula is C81H118N20O33. The van der Waals surface area contributed by atoms with Crippen LogP contribution in [0.1, 0.15) is 114 Å². The summed E-state index contributed by atoms with van der Waals surface area (Å²) >= 11 is 0. The number of aliphatic carboxylic acids is 3. The number of phenols is 2. The number of nitrogens with two attached hydrogens (primary N) is 3. The largest absolute Gasteiger partial charge is 0.508 e. The minimum atomic E-state index is -2.12. The first-order valence-electron chi connectivity index (χ1n) is 42.9. The third-order valence-corrected chi connectivity index (χ3v) is 21.9. The SMILES string of the molecule is CCOCCOCCC(=O)NC(CCC(=O)O)C(=O)NC(CCCNC(=N)N)C(=O)NC(CC(=O)O)C(=O)N1CCCC1C(=O)NC(Cc1ccc(O)cc1)C(=O)NC(CO)C(=O)N1CC(O)CC1C(=O)NC(CO)C(=O)NC(CCC(N)=O)C(=O)NC(CC(=O)O)C(=O)N1CCCC1C(=O)NC(Cc1ccc(O)cc1)C(=O)NC(CO)C(=O)N1CC(O)CC1C(=O)NC(CO)C(N)=O. The molecule has 17 atom stereocenters. The predicted molar refractivity (Wildman–Crippen MR) is 455 cm³/mol. The number of aliphatic hydroxyl groups excluding tert-OH is 6. The van der Waals surface area contributed by atoms with Gasteiger partial charge in [-0.3, -0.25) is 101 Å². The Bertz CT molecular complexity index is 4520. The molecule has 740 valence electrons. The number of rotatable bonds is 55. The smallest absolute Gasteiger partial charge is 0.305 e. The van der Waals surface area contributed by atoms with Gasteiger partial charge in [0, 0.05) is 84.3 Å². The molecular weight excluding hydrogens is 1780 g/mol. The molecule has 6 rings (SSSR count). The third kappa shape index (κ3) is 33.9. The van der Waals surface area contributed by atoms with E-state index in [1.807, 2.05) is 0 Å². The molecule has 4 aliphatic heterocycles. The van der Waals surface area contributed by atoms with Gasteiger partial charge in [0.2, 0.25) is 100 Å². The molecule has 4 saturated heterocycles. The van der Waals surface area contributed by atoms with Gasteiger partial charge in [0.15, 0.2) is 5.96 Å². The number of guanidine groups is 1. The van der Waals surface area contributed by atoms with Gasteiger partial charge >= 0.3 is 17.9 Å². The maximum absolute atomic E-state index is 14.7. The van der Waals surface area contributed by atoms with Crippen LogP contribution >= 0.6 is 0 Å². The summed E-state index contributed by atoms with van der Waals surface area (Å²) in [5.74, 6) is -25.5. The standard InChI is InChI=1S/C81H118N20O33/c1-2-133-26-27-134-25-21-62(111)87-47(18-20-63(112)113)68(120)88-46(6-3-22-86-81(84)85)67(119)92-51(32-64(114)115)77(129)98-23-4-7-57(98)73(125)90-50(29-41-11-15-43(107)16-12-41)71(123)97-56(39-105)80(132)101-35-45(109)31-60(101)76(128)95-54(37-103)72(124)89-48(17-19-61(82)110)69(121)93-52(33-65(116)117)78(130)99-24-5-8-58(99)74(126)91-49(28-40-9-13-42(106)14-10-40)70(122)96-55(38-104)79(131)100-34-44(108)30-59(100)75(127)94-53(36-102)66(83)118/h9-16,44-60,102-109H,2-8,17-39H2,1H3,(H2,82,110)(H2,83,118)(H,87,111)(H,88,120)(H,89,124)(H,90,125)(H,91,126)(H,92,119)(H,93,121)(H,94,127)(H,95,128)(H,96,122)(H,97,123)(H,112,113)(H,114,115)(H,116,117)(H4,84,85,86). The molecule has 53 heteroatoms.